The molecule has 0 radical (unpaired) electrons. The van der Waals surface area contributed by atoms with Gasteiger partial charge in [0.25, 0.3) is 0 Å². The van der Waals surface area contributed by atoms with E-state index in [-0.39, 0.29) is 0 Å². The molecule has 1 atom stereocenters. The third kappa shape index (κ3) is 2.49. The quantitative estimate of drug-likeness (QED) is 0.858. The lowest BCUT2D eigenvalue weighted by Gasteiger charge is -2.05. The molecule has 0 saturated carbocycles. The minimum absolute atomic E-state index is 0.620. The molecule has 0 aliphatic rings. The number of ether oxygens (including phenoxy) is 1. The Hall–Kier alpha value is -1.14. The summed E-state index contributed by atoms with van der Waals surface area (Å²) in [5, 5.41) is 0. The fourth-order valence-electron chi connectivity index (χ4n) is 1.88. The number of para-hydroxylation sites is 1. The van der Waals surface area contributed by atoms with Crippen LogP contribution in [0.5, 0.6) is 5.75 Å². The number of aryl methyl sites for hydroxylation is 1. The predicted octanol–water partition coefficient (Wildman–Crippen LogP) is 2.48. The molecule has 1 aromatic heterocycles. The first-order valence-electron chi connectivity index (χ1n) is 5.78. The van der Waals surface area contributed by atoms with Gasteiger partial charge in [0.05, 0.1) is 12.6 Å². The van der Waals surface area contributed by atoms with E-state index in [0.29, 0.717) is 22.8 Å². The van der Waals surface area contributed by atoms with Crippen molar-refractivity contribution in [3.8, 4) is 5.75 Å². The summed E-state index contributed by atoms with van der Waals surface area (Å²) in [6, 6.07) is 5.80. The summed E-state index contributed by atoms with van der Waals surface area (Å²) < 4.78 is 19.4. The number of methoxy groups -OCH3 is 1. The lowest BCUT2D eigenvalue weighted by Crippen LogP contribution is -2.08. The molecule has 1 unspecified atom stereocenters. The molecule has 0 amide bonds. The molecule has 2 aromatic rings. The number of fused-ring (bicyclic) bond motifs is 1. The predicted molar refractivity (Wildman–Crippen MR) is 77.2 cm³/mol. The van der Waals surface area contributed by atoms with Crippen LogP contribution in [0.15, 0.2) is 18.2 Å². The van der Waals surface area contributed by atoms with E-state index >= 15 is 0 Å². The summed E-state index contributed by atoms with van der Waals surface area (Å²) in [6.45, 7) is 2.58. The highest BCUT2D eigenvalue weighted by Crippen LogP contribution is 2.24. The van der Waals surface area contributed by atoms with Crippen molar-refractivity contribution >= 4 is 34.1 Å². The van der Waals surface area contributed by atoms with Gasteiger partial charge in [0.2, 0.25) is 0 Å². The monoisotopic (exact) mass is 284 g/mol. The zero-order valence-corrected chi connectivity index (χ0v) is 12.1. The summed E-state index contributed by atoms with van der Waals surface area (Å²) >= 11 is 5.30. The number of aromatic nitrogens is 2. The second-order valence-corrected chi connectivity index (χ2v) is 6.12. The first-order valence-corrected chi connectivity index (χ1v) is 7.67. The van der Waals surface area contributed by atoms with Crippen LogP contribution in [0.2, 0.25) is 0 Å². The number of rotatable bonds is 5. The van der Waals surface area contributed by atoms with Crippen molar-refractivity contribution in [2.75, 3.05) is 18.6 Å². The van der Waals surface area contributed by atoms with Gasteiger partial charge in [-0.05, 0) is 24.4 Å². The number of imidazole rings is 1. The maximum Gasteiger partial charge on any atom is 0.178 e. The van der Waals surface area contributed by atoms with E-state index in [2.05, 4.69) is 4.98 Å². The van der Waals surface area contributed by atoms with Crippen molar-refractivity contribution < 1.29 is 8.95 Å². The van der Waals surface area contributed by atoms with Gasteiger partial charge in [0.15, 0.2) is 4.77 Å². The zero-order chi connectivity index (χ0) is 13.1. The summed E-state index contributed by atoms with van der Waals surface area (Å²) in [5.74, 6) is 2.07. The molecule has 98 valence electrons. The average Bonchev–Trinajstić information content (AvgIpc) is 2.71. The van der Waals surface area contributed by atoms with Gasteiger partial charge in [-0.3, -0.25) is 4.21 Å². The fraction of sp³-hybridized carbons (Fsp3) is 0.417. The molecule has 0 spiro atoms. The first kappa shape index (κ1) is 13.3. The summed E-state index contributed by atoms with van der Waals surface area (Å²) in [5.41, 5.74) is 1.89. The van der Waals surface area contributed by atoms with Crippen molar-refractivity contribution in [1.82, 2.24) is 9.55 Å². The molecule has 6 heteroatoms. The highest BCUT2D eigenvalue weighted by Gasteiger charge is 2.09. The Balaban J connectivity index is 2.42. The van der Waals surface area contributed by atoms with Crippen molar-refractivity contribution in [2.24, 2.45) is 0 Å². The van der Waals surface area contributed by atoms with E-state index in [1.165, 1.54) is 0 Å². The number of nitrogens with one attached hydrogen (secondary N) is 1. The maximum absolute atomic E-state index is 11.5. The van der Waals surface area contributed by atoms with Crippen molar-refractivity contribution in [3.63, 3.8) is 0 Å². The van der Waals surface area contributed by atoms with E-state index in [9.17, 15) is 4.21 Å². The van der Waals surface area contributed by atoms with Gasteiger partial charge >= 0.3 is 0 Å². The van der Waals surface area contributed by atoms with E-state index < -0.39 is 10.8 Å². The van der Waals surface area contributed by atoms with Crippen LogP contribution in [0.3, 0.4) is 0 Å². The Labute approximate surface area is 113 Å². The third-order valence-corrected chi connectivity index (χ3v) is 4.46. The van der Waals surface area contributed by atoms with E-state index in [1.807, 2.05) is 29.7 Å². The van der Waals surface area contributed by atoms with Crippen LogP contribution in [0.25, 0.3) is 11.0 Å². The Morgan fingerprint density at radius 1 is 1.50 bits per heavy atom. The van der Waals surface area contributed by atoms with Gasteiger partial charge in [0, 0.05) is 28.9 Å². The highest BCUT2D eigenvalue weighted by molar-refractivity contribution is 7.84. The smallest absolute Gasteiger partial charge is 0.178 e. The molecule has 0 saturated heterocycles. The van der Waals surface area contributed by atoms with Crippen LogP contribution in [-0.2, 0) is 17.3 Å². The van der Waals surface area contributed by atoms with E-state index in [1.54, 1.807) is 7.11 Å². The van der Waals surface area contributed by atoms with Crippen LogP contribution in [0, 0.1) is 4.77 Å². The highest BCUT2D eigenvalue weighted by atomic mass is 32.2. The largest absolute Gasteiger partial charge is 0.494 e. The zero-order valence-electron chi connectivity index (χ0n) is 10.4. The standard InChI is InChI=1S/C12H16N2O2S2/c1-3-18(15)8-7-14-9-5-4-6-10(16-2)11(9)13-12(14)17/h4-6H,3,7-8H2,1-2H3,(H,13,17). The van der Waals surface area contributed by atoms with Crippen LogP contribution in [0.1, 0.15) is 6.92 Å². The number of hydrogen-bond donors (Lipinski definition) is 1. The molecule has 4 nitrogen and oxygen atoms in total. The minimum Gasteiger partial charge on any atom is -0.494 e. The average molecular weight is 284 g/mol. The van der Waals surface area contributed by atoms with Gasteiger partial charge in [-0.2, -0.15) is 0 Å². The van der Waals surface area contributed by atoms with Crippen molar-refractivity contribution in [2.45, 2.75) is 13.5 Å². The molecule has 1 N–H and O–H groups in total. The summed E-state index contributed by atoms with van der Waals surface area (Å²) in [7, 11) is 0.852. The van der Waals surface area contributed by atoms with Gasteiger partial charge < -0.3 is 14.3 Å². The molecular formula is C12H16N2O2S2. The third-order valence-electron chi connectivity index (χ3n) is 2.86. The topological polar surface area (TPSA) is 47.0 Å². The van der Waals surface area contributed by atoms with Crippen LogP contribution < -0.4 is 4.74 Å². The Bertz CT molecular complexity index is 631. The Kier molecular flexibility index (Phi) is 4.19. The lowest BCUT2D eigenvalue weighted by atomic mass is 10.3. The Morgan fingerprint density at radius 2 is 2.28 bits per heavy atom. The van der Waals surface area contributed by atoms with Gasteiger partial charge in [0.1, 0.15) is 11.3 Å². The molecule has 0 fully saturated rings. The number of hydrogen-bond acceptors (Lipinski definition) is 3. The van der Waals surface area contributed by atoms with Crippen molar-refractivity contribution in [1.29, 1.82) is 0 Å². The van der Waals surface area contributed by atoms with Crippen LogP contribution in [0.4, 0.5) is 0 Å². The second kappa shape index (κ2) is 5.67. The van der Waals surface area contributed by atoms with E-state index in [4.69, 9.17) is 17.0 Å². The van der Waals surface area contributed by atoms with Crippen molar-refractivity contribution in [3.05, 3.63) is 23.0 Å². The van der Waals surface area contributed by atoms with E-state index in [0.717, 1.165) is 16.8 Å². The van der Waals surface area contributed by atoms with Crippen LogP contribution >= 0.6 is 12.2 Å². The molecule has 0 aliphatic carbocycles. The number of aromatic amines is 1. The van der Waals surface area contributed by atoms with Crippen LogP contribution in [-0.4, -0.2) is 32.4 Å². The molecule has 1 heterocycles. The van der Waals surface area contributed by atoms with Gasteiger partial charge in [-0.1, -0.05) is 13.0 Å². The fourth-order valence-corrected chi connectivity index (χ4v) is 2.85. The Morgan fingerprint density at radius 3 is 2.94 bits per heavy atom. The molecule has 1 aromatic carbocycles. The summed E-state index contributed by atoms with van der Waals surface area (Å²) in [6.07, 6.45) is 0. The van der Waals surface area contributed by atoms with Gasteiger partial charge in [-0.15, -0.1) is 0 Å². The molecular weight excluding hydrogens is 268 g/mol. The SMILES string of the molecule is CCS(=O)CCn1c(=S)[nH]c2c(OC)cccc21. The maximum atomic E-state index is 11.5. The number of benzene rings is 1. The summed E-state index contributed by atoms with van der Waals surface area (Å²) in [4.78, 5) is 3.14. The molecule has 0 aliphatic heterocycles. The van der Waals surface area contributed by atoms with Gasteiger partial charge in [-0.25, -0.2) is 0 Å². The number of nitrogens with zero attached hydrogens (tertiary/aromatic N) is 1. The second-order valence-electron chi connectivity index (χ2n) is 3.87. The first-order chi connectivity index (χ1) is 8.67. The molecule has 2 rings (SSSR count). The number of H-pyrrole nitrogens is 1. The lowest BCUT2D eigenvalue weighted by molar-refractivity contribution is 0.419. The molecule has 0 bridgehead atoms. The molecule has 18 heavy (non-hydrogen) atoms. The normalized spacial score (nSPS) is 12.8. The minimum atomic E-state index is -0.782.